The predicted molar refractivity (Wildman–Crippen MR) is 93.7 cm³/mol. The molecule has 0 fully saturated rings. The molecule has 0 atom stereocenters. The van der Waals surface area contributed by atoms with Gasteiger partial charge >= 0.3 is 0 Å². The summed E-state index contributed by atoms with van der Waals surface area (Å²) in [5.74, 6) is 0.101. The van der Waals surface area contributed by atoms with Gasteiger partial charge in [0.2, 0.25) is 0 Å². The number of carbonyl (C=O) groups excluding carboxylic acids is 1. The van der Waals surface area contributed by atoms with Crippen molar-refractivity contribution in [1.29, 1.82) is 0 Å². The van der Waals surface area contributed by atoms with E-state index in [1.807, 2.05) is 30.6 Å². The summed E-state index contributed by atoms with van der Waals surface area (Å²) in [7, 11) is -2.09. The lowest BCUT2D eigenvalue weighted by molar-refractivity contribution is 0.101. The average Bonchev–Trinajstić information content (AvgIpc) is 2.49. The third kappa shape index (κ3) is 2.75. The lowest BCUT2D eigenvalue weighted by Crippen LogP contribution is -2.64. The molecule has 1 aromatic heterocycles. The van der Waals surface area contributed by atoms with E-state index in [4.69, 9.17) is 0 Å². The highest BCUT2D eigenvalue weighted by atomic mass is 28.3. The highest BCUT2D eigenvalue weighted by Gasteiger charge is 2.46. The van der Waals surface area contributed by atoms with Crippen LogP contribution in [-0.4, -0.2) is 23.8 Å². The predicted octanol–water partition coefficient (Wildman–Crippen LogP) is 3.06. The molecule has 0 bridgehead atoms. The zero-order chi connectivity index (χ0) is 16.3. The molecule has 0 radical (unpaired) electrons. The largest absolute Gasteiger partial charge is 0.295 e. The summed E-state index contributed by atoms with van der Waals surface area (Å²) in [6.45, 7) is 10.7. The van der Waals surface area contributed by atoms with Gasteiger partial charge < -0.3 is 0 Å². The van der Waals surface area contributed by atoms with Gasteiger partial charge in [0.1, 0.15) is 5.45 Å². The molecular formula is C18H24N2OSi. The van der Waals surface area contributed by atoms with Gasteiger partial charge in [-0.15, -0.1) is 0 Å². The molecule has 0 spiro atoms. The second-order valence-corrected chi connectivity index (χ2v) is 11.5. The van der Waals surface area contributed by atoms with Gasteiger partial charge in [-0.1, -0.05) is 52.0 Å². The SMILES string of the molecule is CC(=O)c1ccc([Si](c2ncccn2)(C(C)C)C(C)C)cc1. The van der Waals surface area contributed by atoms with Crippen LogP contribution in [0.15, 0.2) is 42.7 Å². The molecule has 22 heavy (non-hydrogen) atoms. The molecule has 0 aliphatic carbocycles. The van der Waals surface area contributed by atoms with E-state index in [1.165, 1.54) is 5.19 Å². The zero-order valence-electron chi connectivity index (χ0n) is 14.0. The molecule has 1 aromatic carbocycles. The summed E-state index contributed by atoms with van der Waals surface area (Å²) in [4.78, 5) is 20.8. The number of nitrogens with zero attached hydrogens (tertiary/aromatic N) is 2. The Kier molecular flexibility index (Phi) is 4.91. The van der Waals surface area contributed by atoms with Gasteiger partial charge in [-0.3, -0.25) is 4.79 Å². The molecule has 0 N–H and O–H groups in total. The first-order valence-electron chi connectivity index (χ1n) is 7.79. The Balaban J connectivity index is 2.65. The Bertz CT molecular complexity index is 628. The van der Waals surface area contributed by atoms with Crippen LogP contribution < -0.4 is 10.6 Å². The number of benzene rings is 1. The average molecular weight is 312 g/mol. The van der Waals surface area contributed by atoms with Crippen molar-refractivity contribution >= 4 is 24.5 Å². The quantitative estimate of drug-likeness (QED) is 0.629. The Morgan fingerprint density at radius 2 is 1.45 bits per heavy atom. The van der Waals surface area contributed by atoms with E-state index in [0.717, 1.165) is 11.0 Å². The summed E-state index contributed by atoms with van der Waals surface area (Å²) in [6.07, 6.45) is 3.66. The van der Waals surface area contributed by atoms with Crippen LogP contribution in [-0.2, 0) is 0 Å². The maximum atomic E-state index is 11.5. The first-order valence-corrected chi connectivity index (χ1v) is 9.95. The Labute approximate surface area is 133 Å². The summed E-state index contributed by atoms with van der Waals surface area (Å²) in [5, 5.41) is 1.30. The van der Waals surface area contributed by atoms with Gasteiger partial charge in [0.15, 0.2) is 13.9 Å². The maximum absolute atomic E-state index is 11.5. The lowest BCUT2D eigenvalue weighted by Gasteiger charge is -2.38. The van der Waals surface area contributed by atoms with Gasteiger partial charge in [-0.05, 0) is 29.3 Å². The first-order chi connectivity index (χ1) is 10.4. The van der Waals surface area contributed by atoms with Crippen molar-refractivity contribution in [2.24, 2.45) is 0 Å². The standard InChI is InChI=1S/C18H24N2OSi/c1-13(2)22(14(3)4,18-19-11-6-12-20-18)17-9-7-16(8-10-17)15(5)21/h6-14H,1-5H3. The van der Waals surface area contributed by atoms with Gasteiger partial charge in [0, 0.05) is 18.0 Å². The molecule has 3 nitrogen and oxygen atoms in total. The molecule has 2 aromatic rings. The number of aromatic nitrogens is 2. The minimum absolute atomic E-state index is 0.101. The smallest absolute Gasteiger partial charge is 0.170 e. The molecule has 0 unspecified atom stereocenters. The fourth-order valence-corrected chi connectivity index (χ4v) is 8.72. The summed E-state index contributed by atoms with van der Waals surface area (Å²) < 4.78 is 0. The third-order valence-corrected chi connectivity index (χ3v) is 10.5. The highest BCUT2D eigenvalue weighted by Crippen LogP contribution is 2.31. The molecule has 0 amide bonds. The summed E-state index contributed by atoms with van der Waals surface area (Å²) >= 11 is 0. The van der Waals surface area contributed by atoms with Crippen LogP contribution in [0, 0.1) is 0 Å². The van der Waals surface area contributed by atoms with Crippen LogP contribution in [0.1, 0.15) is 45.0 Å². The van der Waals surface area contributed by atoms with Crippen LogP contribution >= 0.6 is 0 Å². The molecule has 1 heterocycles. The molecule has 0 aliphatic heterocycles. The third-order valence-electron chi connectivity index (χ3n) is 4.53. The minimum atomic E-state index is -2.09. The fraction of sp³-hybridized carbons (Fsp3) is 0.389. The Hall–Kier alpha value is -1.81. The number of hydrogen-bond donors (Lipinski definition) is 0. The first kappa shape index (κ1) is 16.6. The lowest BCUT2D eigenvalue weighted by atomic mass is 10.2. The van der Waals surface area contributed by atoms with E-state index < -0.39 is 8.07 Å². The highest BCUT2D eigenvalue weighted by molar-refractivity contribution is 7.03. The normalized spacial score (nSPS) is 12.0. The number of hydrogen-bond acceptors (Lipinski definition) is 3. The van der Waals surface area contributed by atoms with Crippen molar-refractivity contribution in [3.8, 4) is 0 Å². The van der Waals surface area contributed by atoms with Gasteiger partial charge in [0.25, 0.3) is 0 Å². The van der Waals surface area contributed by atoms with Crippen molar-refractivity contribution in [2.45, 2.75) is 45.7 Å². The topological polar surface area (TPSA) is 42.9 Å². The van der Waals surface area contributed by atoms with Crippen molar-refractivity contribution in [2.75, 3.05) is 0 Å². The summed E-state index contributed by atoms with van der Waals surface area (Å²) in [5.41, 5.74) is 2.68. The van der Waals surface area contributed by atoms with Crippen molar-refractivity contribution < 1.29 is 4.79 Å². The van der Waals surface area contributed by atoms with E-state index >= 15 is 0 Å². The molecule has 0 saturated carbocycles. The number of ketones is 1. The van der Waals surface area contributed by atoms with Crippen molar-refractivity contribution in [1.82, 2.24) is 9.97 Å². The number of rotatable bonds is 5. The molecule has 116 valence electrons. The number of carbonyl (C=O) groups is 1. The monoisotopic (exact) mass is 312 g/mol. The van der Waals surface area contributed by atoms with Crippen LogP contribution in [0.25, 0.3) is 0 Å². The molecule has 0 saturated heterocycles. The van der Waals surface area contributed by atoms with E-state index in [9.17, 15) is 4.79 Å². The van der Waals surface area contributed by atoms with Gasteiger partial charge in [-0.25, -0.2) is 9.97 Å². The Morgan fingerprint density at radius 1 is 0.955 bits per heavy atom. The van der Waals surface area contributed by atoms with E-state index in [0.29, 0.717) is 11.1 Å². The van der Waals surface area contributed by atoms with Crippen molar-refractivity contribution in [3.63, 3.8) is 0 Å². The van der Waals surface area contributed by atoms with E-state index in [-0.39, 0.29) is 5.78 Å². The second-order valence-electron chi connectivity index (χ2n) is 6.38. The van der Waals surface area contributed by atoms with Crippen LogP contribution in [0.2, 0.25) is 11.1 Å². The van der Waals surface area contributed by atoms with Crippen LogP contribution in [0.5, 0.6) is 0 Å². The van der Waals surface area contributed by atoms with Gasteiger partial charge in [-0.2, -0.15) is 0 Å². The van der Waals surface area contributed by atoms with Crippen molar-refractivity contribution in [3.05, 3.63) is 48.3 Å². The molecule has 2 rings (SSSR count). The van der Waals surface area contributed by atoms with Crippen LogP contribution in [0.4, 0.5) is 0 Å². The molecular weight excluding hydrogens is 288 g/mol. The zero-order valence-corrected chi connectivity index (χ0v) is 15.0. The van der Waals surface area contributed by atoms with E-state index in [2.05, 4.69) is 49.8 Å². The minimum Gasteiger partial charge on any atom is -0.295 e. The number of Topliss-reactive ketones (excluding diaryl/α,β-unsaturated/α-hetero) is 1. The molecule has 0 aliphatic rings. The van der Waals surface area contributed by atoms with E-state index in [1.54, 1.807) is 6.92 Å². The van der Waals surface area contributed by atoms with Crippen LogP contribution in [0.3, 0.4) is 0 Å². The fourth-order valence-electron chi connectivity index (χ4n) is 3.47. The Morgan fingerprint density at radius 3 is 1.86 bits per heavy atom. The maximum Gasteiger partial charge on any atom is 0.170 e. The van der Waals surface area contributed by atoms with Gasteiger partial charge in [0.05, 0.1) is 0 Å². The molecule has 4 heteroatoms. The summed E-state index contributed by atoms with van der Waals surface area (Å²) in [6, 6.07) is 9.96. The second kappa shape index (κ2) is 6.52.